The van der Waals surface area contributed by atoms with Crippen LogP contribution in [0.1, 0.15) is 27.2 Å². The highest BCUT2D eigenvalue weighted by Crippen LogP contribution is 2.02. The van der Waals surface area contributed by atoms with Crippen LogP contribution in [0.4, 0.5) is 0 Å². The van der Waals surface area contributed by atoms with Crippen molar-refractivity contribution in [1.29, 1.82) is 0 Å². The zero-order chi connectivity index (χ0) is 9.07. The average molecular weight is 178 g/mol. The van der Waals surface area contributed by atoms with Gasteiger partial charge in [0.25, 0.3) is 0 Å². The summed E-state index contributed by atoms with van der Waals surface area (Å²) in [7, 11) is -3.01. The molecule has 0 unspecified atom stereocenters. The molecule has 0 bridgehead atoms. The highest BCUT2D eigenvalue weighted by Gasteiger charge is 2.15. The molecule has 11 heavy (non-hydrogen) atoms. The minimum atomic E-state index is -3.01. The van der Waals surface area contributed by atoms with Gasteiger partial charge in [0, 0.05) is 6.42 Å². The third kappa shape index (κ3) is 4.14. The second kappa shape index (κ2) is 3.85. The lowest BCUT2D eigenvalue weighted by Gasteiger charge is -2.04. The van der Waals surface area contributed by atoms with E-state index in [0.29, 0.717) is 0 Å². The lowest BCUT2D eigenvalue weighted by atomic mass is 10.4. The summed E-state index contributed by atoms with van der Waals surface area (Å²) >= 11 is 0. The lowest BCUT2D eigenvalue weighted by molar-refractivity contribution is -0.116. The molecule has 0 saturated carbocycles. The van der Waals surface area contributed by atoms with Crippen molar-refractivity contribution in [2.45, 2.75) is 32.4 Å². The Hall–Kier alpha value is -0.380. The van der Waals surface area contributed by atoms with Crippen molar-refractivity contribution >= 4 is 15.6 Å². The molecule has 0 fully saturated rings. The molecular formula is C7H14O3S. The zero-order valence-electron chi connectivity index (χ0n) is 7.12. The molecule has 0 rings (SSSR count). The van der Waals surface area contributed by atoms with E-state index in [9.17, 15) is 13.2 Å². The number of rotatable bonds is 4. The van der Waals surface area contributed by atoms with Gasteiger partial charge in [-0.2, -0.15) is 0 Å². The monoisotopic (exact) mass is 178 g/mol. The second-order valence-corrected chi connectivity index (χ2v) is 5.54. The molecule has 0 aromatic rings. The Balaban J connectivity index is 4.05. The van der Waals surface area contributed by atoms with Gasteiger partial charge in [-0.1, -0.05) is 0 Å². The topological polar surface area (TPSA) is 51.2 Å². The molecule has 0 saturated heterocycles. The molecule has 0 amide bonds. The normalized spacial score (nSPS) is 12.0. The van der Waals surface area contributed by atoms with Gasteiger partial charge in [-0.25, -0.2) is 8.42 Å². The van der Waals surface area contributed by atoms with E-state index in [1.807, 2.05) is 0 Å². The highest BCUT2D eigenvalue weighted by atomic mass is 32.2. The first-order valence-electron chi connectivity index (χ1n) is 3.57. The lowest BCUT2D eigenvalue weighted by Crippen LogP contribution is -2.19. The SMILES string of the molecule is CC(=O)CCS(=O)(=O)C(C)C. The Labute approximate surface area is 67.7 Å². The van der Waals surface area contributed by atoms with Crippen LogP contribution in [0.5, 0.6) is 0 Å². The summed E-state index contributed by atoms with van der Waals surface area (Å²) in [4.78, 5) is 10.4. The van der Waals surface area contributed by atoms with E-state index < -0.39 is 9.84 Å². The van der Waals surface area contributed by atoms with Crippen LogP contribution in [0, 0.1) is 0 Å². The molecule has 0 aliphatic heterocycles. The van der Waals surface area contributed by atoms with Crippen molar-refractivity contribution in [3.8, 4) is 0 Å². The van der Waals surface area contributed by atoms with Crippen LogP contribution in [0.15, 0.2) is 0 Å². The van der Waals surface area contributed by atoms with Gasteiger partial charge in [0.05, 0.1) is 11.0 Å². The maximum absolute atomic E-state index is 11.1. The van der Waals surface area contributed by atoms with Crippen molar-refractivity contribution < 1.29 is 13.2 Å². The molecule has 0 radical (unpaired) electrons. The van der Waals surface area contributed by atoms with Gasteiger partial charge in [0.1, 0.15) is 5.78 Å². The van der Waals surface area contributed by atoms with Gasteiger partial charge in [0.15, 0.2) is 9.84 Å². The molecule has 0 aliphatic carbocycles. The maximum Gasteiger partial charge on any atom is 0.153 e. The van der Waals surface area contributed by atoms with Crippen molar-refractivity contribution in [3.05, 3.63) is 0 Å². The summed E-state index contributed by atoms with van der Waals surface area (Å²) in [5, 5.41) is -0.373. The third-order valence-electron chi connectivity index (χ3n) is 1.46. The predicted molar refractivity (Wildman–Crippen MR) is 44.2 cm³/mol. The second-order valence-electron chi connectivity index (χ2n) is 2.87. The number of sulfone groups is 1. The fraction of sp³-hybridized carbons (Fsp3) is 0.857. The minimum absolute atomic E-state index is 0.0139. The molecule has 0 aliphatic rings. The fourth-order valence-corrected chi connectivity index (χ4v) is 1.57. The van der Waals surface area contributed by atoms with Crippen LogP contribution in [0.2, 0.25) is 0 Å². The maximum atomic E-state index is 11.1. The van der Waals surface area contributed by atoms with Crippen LogP contribution >= 0.6 is 0 Å². The van der Waals surface area contributed by atoms with E-state index in [1.165, 1.54) is 6.92 Å². The van der Waals surface area contributed by atoms with Gasteiger partial charge in [-0.15, -0.1) is 0 Å². The van der Waals surface area contributed by atoms with Gasteiger partial charge in [-0.3, -0.25) is 4.79 Å². The molecule has 0 atom stereocenters. The van der Waals surface area contributed by atoms with Crippen molar-refractivity contribution in [1.82, 2.24) is 0 Å². The van der Waals surface area contributed by atoms with E-state index in [1.54, 1.807) is 13.8 Å². The van der Waals surface area contributed by atoms with Gasteiger partial charge in [-0.05, 0) is 20.8 Å². The average Bonchev–Trinajstić information content (AvgIpc) is 1.84. The van der Waals surface area contributed by atoms with Crippen LogP contribution in [0.25, 0.3) is 0 Å². The van der Waals surface area contributed by atoms with Crippen molar-refractivity contribution in [2.75, 3.05) is 5.75 Å². The predicted octanol–water partition coefficient (Wildman–Crippen LogP) is 0.789. The minimum Gasteiger partial charge on any atom is -0.300 e. The number of carbonyl (C=O) groups is 1. The summed E-state index contributed by atoms with van der Waals surface area (Å²) < 4.78 is 22.2. The summed E-state index contributed by atoms with van der Waals surface area (Å²) in [5.74, 6) is -0.0887. The number of carbonyl (C=O) groups excluding carboxylic acids is 1. The van der Waals surface area contributed by atoms with Crippen molar-refractivity contribution in [2.24, 2.45) is 0 Å². The van der Waals surface area contributed by atoms with E-state index in [4.69, 9.17) is 0 Å². The molecule has 4 heteroatoms. The number of hydrogen-bond donors (Lipinski definition) is 0. The summed E-state index contributed by atoms with van der Waals surface area (Å²) in [5.41, 5.74) is 0. The first kappa shape index (κ1) is 10.6. The quantitative estimate of drug-likeness (QED) is 0.639. The molecule has 0 spiro atoms. The van der Waals surface area contributed by atoms with Crippen LogP contribution in [0.3, 0.4) is 0 Å². The zero-order valence-corrected chi connectivity index (χ0v) is 7.94. The number of ketones is 1. The van der Waals surface area contributed by atoms with Crippen LogP contribution in [-0.2, 0) is 14.6 Å². The molecular weight excluding hydrogens is 164 g/mol. The standard InChI is InChI=1S/C7H14O3S/c1-6(2)11(9,10)5-4-7(3)8/h6H,4-5H2,1-3H3. The Kier molecular flexibility index (Phi) is 3.72. The first-order chi connectivity index (χ1) is 4.86. The first-order valence-corrected chi connectivity index (χ1v) is 5.29. The molecule has 3 nitrogen and oxygen atoms in total. The Morgan fingerprint density at radius 2 is 1.82 bits per heavy atom. The highest BCUT2D eigenvalue weighted by molar-refractivity contribution is 7.91. The largest absolute Gasteiger partial charge is 0.300 e. The number of Topliss-reactive ketones (excluding diaryl/α,β-unsaturated/α-hetero) is 1. The van der Waals surface area contributed by atoms with Crippen LogP contribution < -0.4 is 0 Å². The van der Waals surface area contributed by atoms with Gasteiger partial charge >= 0.3 is 0 Å². The third-order valence-corrected chi connectivity index (χ3v) is 3.67. The Bertz CT molecular complexity index is 226. The van der Waals surface area contributed by atoms with Crippen LogP contribution in [-0.4, -0.2) is 25.2 Å². The molecule has 0 aromatic heterocycles. The summed E-state index contributed by atoms with van der Waals surface area (Å²) in [6, 6.07) is 0. The summed E-state index contributed by atoms with van der Waals surface area (Å²) in [6.45, 7) is 4.64. The molecule has 66 valence electrons. The smallest absolute Gasteiger partial charge is 0.153 e. The Morgan fingerprint density at radius 1 is 1.36 bits per heavy atom. The van der Waals surface area contributed by atoms with Gasteiger partial charge < -0.3 is 0 Å². The van der Waals surface area contributed by atoms with Crippen molar-refractivity contribution in [3.63, 3.8) is 0 Å². The molecule has 0 aromatic carbocycles. The van der Waals surface area contributed by atoms with E-state index in [0.717, 1.165) is 0 Å². The molecule has 0 heterocycles. The van der Waals surface area contributed by atoms with E-state index in [2.05, 4.69) is 0 Å². The van der Waals surface area contributed by atoms with E-state index >= 15 is 0 Å². The summed E-state index contributed by atoms with van der Waals surface area (Å²) in [6.07, 6.45) is 0.139. The fourth-order valence-electron chi connectivity index (χ4n) is 0.522. The van der Waals surface area contributed by atoms with Gasteiger partial charge in [0.2, 0.25) is 0 Å². The molecule has 0 N–H and O–H groups in total. The Morgan fingerprint density at radius 3 is 2.09 bits per heavy atom. The van der Waals surface area contributed by atoms with E-state index in [-0.39, 0.29) is 23.2 Å². The number of hydrogen-bond acceptors (Lipinski definition) is 3.